The zero-order valence-electron chi connectivity index (χ0n) is 16.2. The van der Waals surface area contributed by atoms with Gasteiger partial charge in [0.2, 0.25) is 11.7 Å². The van der Waals surface area contributed by atoms with Crippen LogP contribution in [-0.4, -0.2) is 40.9 Å². The number of amides is 1. The van der Waals surface area contributed by atoms with Gasteiger partial charge in [-0.05, 0) is 41.6 Å². The molecule has 152 valence electrons. The third-order valence-corrected chi connectivity index (χ3v) is 5.86. The fraction of sp³-hybridized carbons (Fsp3) is 0.300. The number of hydrogen-bond donors (Lipinski definition) is 1. The van der Waals surface area contributed by atoms with Gasteiger partial charge in [-0.3, -0.25) is 4.79 Å². The van der Waals surface area contributed by atoms with Gasteiger partial charge in [0.25, 0.3) is 0 Å². The molecular weight excluding hydrogens is 400 g/mol. The number of carbonyl (C=O) groups excluding carboxylic acids is 1. The van der Waals surface area contributed by atoms with Crippen molar-refractivity contribution in [2.24, 2.45) is 0 Å². The number of aryl methyl sites for hydroxylation is 1. The average molecular weight is 421 g/mol. The SMILES string of the molecule is O=C(Cn1nnc(-c2cccs2)n1)Nc1cccc(-c2nnc3n2CCCCC3)c1. The highest BCUT2D eigenvalue weighted by molar-refractivity contribution is 7.13. The molecule has 0 saturated carbocycles. The number of fused-ring (bicyclic) bond motifs is 1. The molecule has 0 fully saturated rings. The Bertz CT molecular complexity index is 1160. The number of aromatic nitrogens is 7. The normalized spacial score (nSPS) is 13.6. The van der Waals surface area contributed by atoms with E-state index in [9.17, 15) is 4.79 Å². The zero-order valence-corrected chi connectivity index (χ0v) is 17.0. The van der Waals surface area contributed by atoms with Crippen LogP contribution in [0.25, 0.3) is 22.1 Å². The maximum absolute atomic E-state index is 12.5. The summed E-state index contributed by atoms with van der Waals surface area (Å²) in [7, 11) is 0. The van der Waals surface area contributed by atoms with Gasteiger partial charge in [0.15, 0.2) is 5.82 Å². The summed E-state index contributed by atoms with van der Waals surface area (Å²) in [5.41, 5.74) is 1.63. The van der Waals surface area contributed by atoms with Gasteiger partial charge >= 0.3 is 0 Å². The molecule has 4 aromatic rings. The molecule has 0 aliphatic carbocycles. The highest BCUT2D eigenvalue weighted by atomic mass is 32.1. The average Bonchev–Trinajstić information content (AvgIpc) is 3.47. The maximum atomic E-state index is 12.5. The second-order valence-corrected chi connectivity index (χ2v) is 8.10. The minimum Gasteiger partial charge on any atom is -0.324 e. The molecule has 0 spiro atoms. The molecule has 1 aliphatic rings. The van der Waals surface area contributed by atoms with Crippen molar-refractivity contribution in [2.45, 2.75) is 38.8 Å². The van der Waals surface area contributed by atoms with Crippen LogP contribution in [0.2, 0.25) is 0 Å². The van der Waals surface area contributed by atoms with Crippen LogP contribution in [0.4, 0.5) is 5.69 Å². The first-order valence-corrected chi connectivity index (χ1v) is 10.8. The molecule has 0 radical (unpaired) electrons. The molecule has 3 aromatic heterocycles. The van der Waals surface area contributed by atoms with E-state index in [2.05, 4.69) is 35.5 Å². The van der Waals surface area contributed by atoms with Crippen LogP contribution in [-0.2, 0) is 24.3 Å². The Kier molecular flexibility index (Phi) is 5.06. The molecule has 0 bridgehead atoms. The van der Waals surface area contributed by atoms with Gasteiger partial charge < -0.3 is 9.88 Å². The standard InChI is InChI=1S/C20H20N8OS/c29-18(13-28-25-19(23-26-28)16-8-5-11-30-16)21-15-7-4-6-14(12-15)20-24-22-17-9-2-1-3-10-27(17)20/h4-8,11-12H,1-3,9-10,13H2,(H,21,29). The third kappa shape index (κ3) is 3.86. The van der Waals surface area contributed by atoms with E-state index in [1.54, 1.807) is 0 Å². The number of carbonyl (C=O) groups is 1. The smallest absolute Gasteiger partial charge is 0.248 e. The van der Waals surface area contributed by atoms with E-state index in [0.717, 1.165) is 47.9 Å². The summed E-state index contributed by atoms with van der Waals surface area (Å²) in [6.45, 7) is 0.918. The van der Waals surface area contributed by atoms with Crippen molar-refractivity contribution in [1.82, 2.24) is 35.0 Å². The lowest BCUT2D eigenvalue weighted by Crippen LogP contribution is -2.20. The van der Waals surface area contributed by atoms with Gasteiger partial charge in [0.05, 0.1) is 4.88 Å². The fourth-order valence-corrected chi connectivity index (χ4v) is 4.23. The Hall–Kier alpha value is -3.40. The van der Waals surface area contributed by atoms with Crippen molar-refractivity contribution >= 4 is 22.9 Å². The Morgan fingerprint density at radius 1 is 1.10 bits per heavy atom. The minimum absolute atomic E-state index is 0.0110. The van der Waals surface area contributed by atoms with Crippen molar-refractivity contribution in [3.8, 4) is 22.1 Å². The van der Waals surface area contributed by atoms with Crippen LogP contribution < -0.4 is 5.32 Å². The van der Waals surface area contributed by atoms with Gasteiger partial charge in [0.1, 0.15) is 12.4 Å². The molecule has 0 saturated heterocycles. The summed E-state index contributed by atoms with van der Waals surface area (Å²) < 4.78 is 2.19. The number of rotatable bonds is 5. The first-order chi connectivity index (χ1) is 14.8. The molecule has 1 aliphatic heterocycles. The molecule has 0 unspecified atom stereocenters. The number of benzene rings is 1. The number of thiophene rings is 1. The predicted octanol–water partition coefficient (Wildman–Crippen LogP) is 3.03. The van der Waals surface area contributed by atoms with E-state index in [0.29, 0.717) is 11.5 Å². The van der Waals surface area contributed by atoms with E-state index in [-0.39, 0.29) is 12.5 Å². The summed E-state index contributed by atoms with van der Waals surface area (Å²) in [4.78, 5) is 14.7. The molecule has 1 amide bonds. The summed E-state index contributed by atoms with van der Waals surface area (Å²) in [5.74, 6) is 2.19. The summed E-state index contributed by atoms with van der Waals surface area (Å²) in [5, 5.41) is 25.9. The predicted molar refractivity (Wildman–Crippen MR) is 113 cm³/mol. The molecule has 5 rings (SSSR count). The highest BCUT2D eigenvalue weighted by Gasteiger charge is 2.16. The van der Waals surface area contributed by atoms with Crippen LogP contribution in [0.15, 0.2) is 41.8 Å². The van der Waals surface area contributed by atoms with Crippen LogP contribution >= 0.6 is 11.3 Å². The summed E-state index contributed by atoms with van der Waals surface area (Å²) >= 11 is 1.53. The molecular formula is C20H20N8OS. The van der Waals surface area contributed by atoms with Gasteiger partial charge in [0, 0.05) is 24.2 Å². The second-order valence-electron chi connectivity index (χ2n) is 7.15. The molecule has 10 heteroatoms. The Balaban J connectivity index is 1.29. The summed E-state index contributed by atoms with van der Waals surface area (Å²) in [6, 6.07) is 11.5. The monoisotopic (exact) mass is 420 g/mol. The molecule has 4 heterocycles. The van der Waals surface area contributed by atoms with Crippen LogP contribution in [0.3, 0.4) is 0 Å². The molecule has 1 aromatic carbocycles. The Labute approximate surface area is 176 Å². The van der Waals surface area contributed by atoms with Crippen molar-refractivity contribution < 1.29 is 4.79 Å². The maximum Gasteiger partial charge on any atom is 0.248 e. The van der Waals surface area contributed by atoms with Crippen molar-refractivity contribution in [3.05, 3.63) is 47.6 Å². The largest absolute Gasteiger partial charge is 0.324 e. The molecule has 30 heavy (non-hydrogen) atoms. The lowest BCUT2D eigenvalue weighted by Gasteiger charge is -2.09. The van der Waals surface area contributed by atoms with E-state index in [4.69, 9.17) is 0 Å². The topological polar surface area (TPSA) is 103 Å². The van der Waals surface area contributed by atoms with E-state index < -0.39 is 0 Å². The van der Waals surface area contributed by atoms with Crippen molar-refractivity contribution in [2.75, 3.05) is 5.32 Å². The first kappa shape index (κ1) is 18.6. The number of nitrogens with zero attached hydrogens (tertiary/aromatic N) is 7. The van der Waals surface area contributed by atoms with Gasteiger partial charge in [-0.25, -0.2) is 0 Å². The van der Waals surface area contributed by atoms with Crippen molar-refractivity contribution in [1.29, 1.82) is 0 Å². The van der Waals surface area contributed by atoms with E-state index >= 15 is 0 Å². The molecule has 0 atom stereocenters. The zero-order chi connectivity index (χ0) is 20.3. The lowest BCUT2D eigenvalue weighted by molar-refractivity contribution is -0.117. The Morgan fingerprint density at radius 2 is 2.07 bits per heavy atom. The number of nitrogens with one attached hydrogen (secondary N) is 1. The summed E-state index contributed by atoms with van der Waals surface area (Å²) in [6.07, 6.45) is 4.46. The minimum atomic E-state index is -0.220. The van der Waals surface area contributed by atoms with Crippen LogP contribution in [0.5, 0.6) is 0 Å². The number of tetrazole rings is 1. The van der Waals surface area contributed by atoms with Gasteiger partial charge in [-0.1, -0.05) is 24.6 Å². The van der Waals surface area contributed by atoms with Crippen LogP contribution in [0.1, 0.15) is 25.1 Å². The fourth-order valence-electron chi connectivity index (χ4n) is 3.58. The second kappa shape index (κ2) is 8.15. The molecule has 1 N–H and O–H groups in total. The van der Waals surface area contributed by atoms with Gasteiger partial charge in [-0.2, -0.15) is 4.80 Å². The van der Waals surface area contributed by atoms with Crippen molar-refractivity contribution in [3.63, 3.8) is 0 Å². The Morgan fingerprint density at radius 3 is 2.97 bits per heavy atom. The molecule has 9 nitrogen and oxygen atoms in total. The number of anilines is 1. The third-order valence-electron chi connectivity index (χ3n) is 4.99. The first-order valence-electron chi connectivity index (χ1n) is 9.90. The number of hydrogen-bond acceptors (Lipinski definition) is 7. The quantitative estimate of drug-likeness (QED) is 0.532. The lowest BCUT2D eigenvalue weighted by atomic mass is 10.2. The van der Waals surface area contributed by atoms with E-state index in [1.165, 1.54) is 22.6 Å². The van der Waals surface area contributed by atoms with E-state index in [1.807, 2.05) is 41.8 Å². The highest BCUT2D eigenvalue weighted by Crippen LogP contribution is 2.25. The van der Waals surface area contributed by atoms with Crippen LogP contribution in [0, 0.1) is 0 Å². The van der Waals surface area contributed by atoms with Gasteiger partial charge in [-0.15, -0.1) is 31.7 Å².